The highest BCUT2D eigenvalue weighted by molar-refractivity contribution is 7.03. The second-order valence-corrected chi connectivity index (χ2v) is 8.80. The third kappa shape index (κ3) is 5.99. The van der Waals surface area contributed by atoms with E-state index in [0.29, 0.717) is 29.9 Å². The van der Waals surface area contributed by atoms with Crippen LogP contribution >= 0.6 is 11.5 Å². The number of hydrogen-bond acceptors (Lipinski definition) is 7. The van der Waals surface area contributed by atoms with Crippen LogP contribution in [0.25, 0.3) is 11.1 Å². The number of anilines is 1. The minimum atomic E-state index is -0.583. The van der Waals surface area contributed by atoms with Gasteiger partial charge in [0.05, 0.1) is 31.0 Å². The molecule has 0 saturated carbocycles. The number of rotatable bonds is 8. The van der Waals surface area contributed by atoms with Crippen molar-refractivity contribution in [1.29, 1.82) is 0 Å². The summed E-state index contributed by atoms with van der Waals surface area (Å²) in [5.74, 6) is -0.773. The van der Waals surface area contributed by atoms with Crippen LogP contribution < -0.4 is 10.2 Å². The van der Waals surface area contributed by atoms with Crippen molar-refractivity contribution in [2.45, 2.75) is 33.0 Å². The number of aromatic nitrogens is 2. The van der Waals surface area contributed by atoms with Gasteiger partial charge in [0, 0.05) is 31.3 Å². The minimum absolute atomic E-state index is 0.0801. The summed E-state index contributed by atoms with van der Waals surface area (Å²) in [6.07, 6.45) is -1.08. The maximum Gasteiger partial charge on any atom is 0.414 e. The molecule has 35 heavy (non-hydrogen) atoms. The lowest BCUT2D eigenvalue weighted by molar-refractivity contribution is -0.130. The molecule has 11 heteroatoms. The Labute approximate surface area is 205 Å². The molecule has 1 fully saturated rings. The molecule has 1 N–H and O–H groups in total. The topological polar surface area (TPSA) is 105 Å². The van der Waals surface area contributed by atoms with E-state index in [1.807, 2.05) is 12.1 Å². The summed E-state index contributed by atoms with van der Waals surface area (Å²) in [6.45, 7) is 4.07. The van der Waals surface area contributed by atoms with E-state index in [1.165, 1.54) is 36.3 Å². The number of hydrogen-bond donors (Lipinski definition) is 1. The first kappa shape index (κ1) is 24.3. The van der Waals surface area contributed by atoms with Gasteiger partial charge in [0.2, 0.25) is 11.8 Å². The second kappa shape index (κ2) is 10.6. The summed E-state index contributed by atoms with van der Waals surface area (Å²) in [4.78, 5) is 38.3. The van der Waals surface area contributed by atoms with Crippen molar-refractivity contribution in [2.75, 3.05) is 18.0 Å². The van der Waals surface area contributed by atoms with Gasteiger partial charge in [-0.3, -0.25) is 14.5 Å². The highest BCUT2D eigenvalue weighted by atomic mass is 32.1. The lowest BCUT2D eigenvalue weighted by Crippen LogP contribution is -2.33. The molecule has 182 valence electrons. The number of amides is 3. The number of cyclic esters (lactones) is 1. The molecule has 0 radical (unpaired) electrons. The molecule has 3 aromatic rings. The van der Waals surface area contributed by atoms with E-state index in [-0.39, 0.29) is 24.9 Å². The van der Waals surface area contributed by atoms with Crippen LogP contribution in [0.5, 0.6) is 0 Å². The molecule has 2 heterocycles. The van der Waals surface area contributed by atoms with Gasteiger partial charge in [0.1, 0.15) is 11.9 Å². The standard InChI is InChI=1S/C24H24FN5O4S/c1-15(31)26-10-21-13-30(24(33)34-21)20-7-8-22(23(25)9-20)18-5-3-17(4-6-18)11-29(16(2)32)12-19-14-35-28-27-19/h3-9,14,21H,10-13H2,1-2H3,(H,26,31)/t21-/m0/s1. The molecular formula is C24H24FN5O4S. The molecule has 1 atom stereocenters. The second-order valence-electron chi connectivity index (χ2n) is 8.19. The van der Waals surface area contributed by atoms with Crippen LogP contribution in [-0.4, -0.2) is 51.6 Å². The zero-order valence-electron chi connectivity index (χ0n) is 19.2. The number of halogens is 1. The quantitative estimate of drug-likeness (QED) is 0.512. The van der Waals surface area contributed by atoms with Gasteiger partial charge in [0.25, 0.3) is 0 Å². The summed E-state index contributed by atoms with van der Waals surface area (Å²) in [6, 6.07) is 11.9. The van der Waals surface area contributed by atoms with Crippen molar-refractivity contribution in [3.05, 3.63) is 64.9 Å². The van der Waals surface area contributed by atoms with Crippen LogP contribution in [0.3, 0.4) is 0 Å². The van der Waals surface area contributed by atoms with Gasteiger partial charge in [-0.25, -0.2) is 9.18 Å². The molecule has 0 spiro atoms. The summed E-state index contributed by atoms with van der Waals surface area (Å²) in [5, 5.41) is 8.40. The van der Waals surface area contributed by atoms with Crippen LogP contribution in [0.2, 0.25) is 0 Å². The van der Waals surface area contributed by atoms with E-state index in [1.54, 1.807) is 34.5 Å². The van der Waals surface area contributed by atoms with E-state index in [2.05, 4.69) is 14.9 Å². The average Bonchev–Trinajstić information content (AvgIpc) is 3.47. The Bertz CT molecular complexity index is 1220. The molecule has 0 bridgehead atoms. The van der Waals surface area contributed by atoms with Crippen molar-refractivity contribution in [1.82, 2.24) is 19.8 Å². The van der Waals surface area contributed by atoms with Crippen molar-refractivity contribution in [3.8, 4) is 11.1 Å². The van der Waals surface area contributed by atoms with E-state index >= 15 is 0 Å². The fourth-order valence-corrected chi connectivity index (χ4v) is 4.18. The number of carbonyl (C=O) groups excluding carboxylic acids is 3. The molecule has 4 rings (SSSR count). The molecule has 2 aromatic carbocycles. The smallest absolute Gasteiger partial charge is 0.414 e. The first-order valence-corrected chi connectivity index (χ1v) is 11.8. The third-order valence-electron chi connectivity index (χ3n) is 5.56. The SMILES string of the molecule is CC(=O)NC[C@H]1CN(c2ccc(-c3ccc(CN(Cc4csnn4)C(C)=O)cc3)c(F)c2)C(=O)O1. The summed E-state index contributed by atoms with van der Waals surface area (Å²) >= 11 is 1.23. The summed E-state index contributed by atoms with van der Waals surface area (Å²) in [5.41, 5.74) is 3.07. The van der Waals surface area contributed by atoms with Gasteiger partial charge in [-0.15, -0.1) is 5.10 Å². The zero-order chi connectivity index (χ0) is 24.9. The van der Waals surface area contributed by atoms with Crippen molar-refractivity contribution >= 4 is 35.1 Å². The van der Waals surface area contributed by atoms with Gasteiger partial charge in [0.15, 0.2) is 0 Å². The highest BCUT2D eigenvalue weighted by Gasteiger charge is 2.32. The maximum atomic E-state index is 15.0. The number of nitrogens with one attached hydrogen (secondary N) is 1. The van der Waals surface area contributed by atoms with Gasteiger partial charge in [-0.2, -0.15) is 0 Å². The molecule has 3 amide bonds. The van der Waals surface area contributed by atoms with Crippen molar-refractivity contribution < 1.29 is 23.5 Å². The molecule has 1 aliphatic rings. The largest absolute Gasteiger partial charge is 0.442 e. The number of carbonyl (C=O) groups is 3. The number of nitrogens with zero attached hydrogens (tertiary/aromatic N) is 4. The molecule has 1 aliphatic heterocycles. The maximum absolute atomic E-state index is 15.0. The van der Waals surface area contributed by atoms with Gasteiger partial charge < -0.3 is 15.0 Å². The first-order valence-electron chi connectivity index (χ1n) is 10.9. The predicted molar refractivity (Wildman–Crippen MR) is 128 cm³/mol. The molecule has 0 aliphatic carbocycles. The van der Waals surface area contributed by atoms with Crippen LogP contribution in [0.1, 0.15) is 25.1 Å². The first-order chi connectivity index (χ1) is 16.8. The van der Waals surface area contributed by atoms with Crippen molar-refractivity contribution in [3.63, 3.8) is 0 Å². The highest BCUT2D eigenvalue weighted by Crippen LogP contribution is 2.29. The Hall–Kier alpha value is -3.86. The van der Waals surface area contributed by atoms with E-state index in [9.17, 15) is 18.8 Å². The normalized spacial score (nSPS) is 15.1. The van der Waals surface area contributed by atoms with Crippen molar-refractivity contribution in [2.24, 2.45) is 0 Å². The van der Waals surface area contributed by atoms with E-state index in [0.717, 1.165) is 11.3 Å². The lowest BCUT2D eigenvalue weighted by atomic mass is 10.0. The molecule has 9 nitrogen and oxygen atoms in total. The van der Waals surface area contributed by atoms with Gasteiger partial charge >= 0.3 is 6.09 Å². The Kier molecular flexibility index (Phi) is 7.35. The van der Waals surface area contributed by atoms with E-state index < -0.39 is 18.0 Å². The summed E-state index contributed by atoms with van der Waals surface area (Å²) in [7, 11) is 0. The van der Waals surface area contributed by atoms with Crippen LogP contribution in [0, 0.1) is 5.82 Å². The molecular weight excluding hydrogens is 473 g/mol. The van der Waals surface area contributed by atoms with Crippen LogP contribution in [-0.2, 0) is 27.4 Å². The Morgan fingerprint density at radius 2 is 1.97 bits per heavy atom. The molecule has 0 unspecified atom stereocenters. The predicted octanol–water partition coefficient (Wildman–Crippen LogP) is 3.35. The molecule has 1 aromatic heterocycles. The number of benzene rings is 2. The fraction of sp³-hybridized carbons (Fsp3) is 0.292. The van der Waals surface area contributed by atoms with Gasteiger partial charge in [-0.1, -0.05) is 28.8 Å². The third-order valence-corrected chi connectivity index (χ3v) is 6.11. The Morgan fingerprint density at radius 3 is 2.60 bits per heavy atom. The summed E-state index contributed by atoms with van der Waals surface area (Å²) < 4.78 is 24.1. The lowest BCUT2D eigenvalue weighted by Gasteiger charge is -2.20. The zero-order valence-corrected chi connectivity index (χ0v) is 20.0. The van der Waals surface area contributed by atoms with E-state index in [4.69, 9.17) is 4.74 Å². The van der Waals surface area contributed by atoms with Gasteiger partial charge in [-0.05, 0) is 40.9 Å². The monoisotopic (exact) mass is 497 g/mol. The Morgan fingerprint density at radius 1 is 1.20 bits per heavy atom. The van der Waals surface area contributed by atoms with Crippen LogP contribution in [0.15, 0.2) is 47.8 Å². The number of ether oxygens (including phenoxy) is 1. The minimum Gasteiger partial charge on any atom is -0.442 e. The average molecular weight is 498 g/mol. The van der Waals surface area contributed by atoms with Crippen LogP contribution in [0.4, 0.5) is 14.9 Å². The fourth-order valence-electron chi connectivity index (χ4n) is 3.74. The molecule has 1 saturated heterocycles. The Balaban J connectivity index is 1.43.